The van der Waals surface area contributed by atoms with Crippen LogP contribution in [0.25, 0.3) is 0 Å². The van der Waals surface area contributed by atoms with Crippen molar-refractivity contribution in [3.8, 4) is 0 Å². The number of nitrogens with two attached hydrogens (primary N) is 2. The molecular formula is C15H26N4. The van der Waals surface area contributed by atoms with E-state index < -0.39 is 0 Å². The maximum Gasteiger partial charge on any atom is 0.0348 e. The summed E-state index contributed by atoms with van der Waals surface area (Å²) in [5.74, 6) is 0. The van der Waals surface area contributed by atoms with E-state index in [0.717, 1.165) is 36.8 Å². The van der Waals surface area contributed by atoms with E-state index in [1.165, 1.54) is 25.1 Å². The molecule has 4 N–H and O–H groups in total. The summed E-state index contributed by atoms with van der Waals surface area (Å²) in [5.41, 5.74) is 14.6. The van der Waals surface area contributed by atoms with Gasteiger partial charge in [0.1, 0.15) is 0 Å². The van der Waals surface area contributed by atoms with Gasteiger partial charge in [0.2, 0.25) is 0 Å². The molecule has 1 aromatic carbocycles. The van der Waals surface area contributed by atoms with Crippen LogP contribution in [0.5, 0.6) is 0 Å². The molecule has 1 fully saturated rings. The third-order valence-corrected chi connectivity index (χ3v) is 4.07. The van der Waals surface area contributed by atoms with Crippen molar-refractivity contribution in [2.24, 2.45) is 0 Å². The highest BCUT2D eigenvalue weighted by atomic mass is 15.2. The van der Waals surface area contributed by atoms with Crippen molar-refractivity contribution in [3.05, 3.63) is 23.8 Å². The highest BCUT2D eigenvalue weighted by Crippen LogP contribution is 2.18. The minimum absolute atomic E-state index is 0.720. The third kappa shape index (κ3) is 3.85. The molecule has 2 rings (SSSR count). The van der Waals surface area contributed by atoms with Gasteiger partial charge < -0.3 is 21.3 Å². The summed E-state index contributed by atoms with van der Waals surface area (Å²) in [4.78, 5) is 4.88. The van der Waals surface area contributed by atoms with Gasteiger partial charge in [0.15, 0.2) is 0 Å². The van der Waals surface area contributed by atoms with Gasteiger partial charge in [-0.25, -0.2) is 0 Å². The van der Waals surface area contributed by atoms with Crippen molar-refractivity contribution in [2.45, 2.75) is 25.3 Å². The molecule has 0 radical (unpaired) electrons. The first-order valence-electron chi connectivity index (χ1n) is 7.09. The van der Waals surface area contributed by atoms with E-state index in [0.29, 0.717) is 0 Å². The van der Waals surface area contributed by atoms with E-state index in [1.54, 1.807) is 0 Å². The quantitative estimate of drug-likeness (QED) is 0.788. The van der Waals surface area contributed by atoms with Crippen LogP contribution in [0.3, 0.4) is 0 Å². The van der Waals surface area contributed by atoms with E-state index in [-0.39, 0.29) is 0 Å². The number of benzene rings is 1. The first-order valence-corrected chi connectivity index (χ1v) is 7.09. The van der Waals surface area contributed by atoms with Gasteiger partial charge in [-0.15, -0.1) is 0 Å². The topological polar surface area (TPSA) is 58.5 Å². The Labute approximate surface area is 116 Å². The van der Waals surface area contributed by atoms with Crippen LogP contribution >= 0.6 is 0 Å². The molecule has 4 heteroatoms. The second-order valence-corrected chi connectivity index (χ2v) is 5.77. The van der Waals surface area contributed by atoms with Crippen LogP contribution in [-0.4, -0.2) is 49.6 Å². The summed E-state index contributed by atoms with van der Waals surface area (Å²) in [6.07, 6.45) is 3.45. The summed E-state index contributed by atoms with van der Waals surface area (Å²) in [6, 6.07) is 6.49. The van der Waals surface area contributed by atoms with Gasteiger partial charge in [0.25, 0.3) is 0 Å². The number of aryl methyl sites for hydroxylation is 1. The second-order valence-electron chi connectivity index (χ2n) is 5.77. The maximum absolute atomic E-state index is 5.97. The van der Waals surface area contributed by atoms with Crippen LogP contribution in [0.2, 0.25) is 0 Å². The van der Waals surface area contributed by atoms with E-state index in [2.05, 4.69) is 23.9 Å². The summed E-state index contributed by atoms with van der Waals surface area (Å²) >= 11 is 0. The van der Waals surface area contributed by atoms with Crippen molar-refractivity contribution < 1.29 is 0 Å². The van der Waals surface area contributed by atoms with Gasteiger partial charge in [-0.1, -0.05) is 0 Å². The standard InChI is InChI=1S/C15H26N4/c1-18(2)14-7-9-19(11-14)8-3-4-12-10-13(16)5-6-15(12)17/h5-6,10,14H,3-4,7-9,11,16-17H2,1-2H3. The number of rotatable bonds is 5. The molecule has 1 atom stereocenters. The molecule has 1 aliphatic rings. The fourth-order valence-electron chi connectivity index (χ4n) is 2.77. The lowest BCUT2D eigenvalue weighted by molar-refractivity contribution is 0.267. The zero-order valence-corrected chi connectivity index (χ0v) is 12.1. The predicted molar refractivity (Wildman–Crippen MR) is 82.1 cm³/mol. The minimum atomic E-state index is 0.720. The number of hydrogen-bond donors (Lipinski definition) is 2. The Bertz CT molecular complexity index is 417. The van der Waals surface area contributed by atoms with E-state index in [9.17, 15) is 0 Å². The third-order valence-electron chi connectivity index (χ3n) is 4.07. The number of hydrogen-bond acceptors (Lipinski definition) is 4. The van der Waals surface area contributed by atoms with Crippen LogP contribution in [0.15, 0.2) is 18.2 Å². The Morgan fingerprint density at radius 2 is 2.11 bits per heavy atom. The average molecular weight is 262 g/mol. The lowest BCUT2D eigenvalue weighted by atomic mass is 10.1. The Morgan fingerprint density at radius 1 is 1.32 bits per heavy atom. The van der Waals surface area contributed by atoms with E-state index >= 15 is 0 Å². The molecule has 1 saturated heterocycles. The SMILES string of the molecule is CN(C)C1CCN(CCCc2cc(N)ccc2N)C1. The molecule has 0 aromatic heterocycles. The molecule has 0 aliphatic carbocycles. The summed E-state index contributed by atoms with van der Waals surface area (Å²) < 4.78 is 0. The van der Waals surface area contributed by atoms with Crippen molar-refractivity contribution >= 4 is 11.4 Å². The second kappa shape index (κ2) is 6.26. The number of likely N-dealkylation sites (tertiary alicyclic amines) is 1. The molecule has 0 spiro atoms. The highest BCUT2D eigenvalue weighted by molar-refractivity contribution is 5.55. The van der Waals surface area contributed by atoms with Crippen LogP contribution in [0.4, 0.5) is 11.4 Å². The van der Waals surface area contributed by atoms with Gasteiger partial charge in [0, 0.05) is 24.0 Å². The van der Waals surface area contributed by atoms with Crippen LogP contribution in [0, 0.1) is 0 Å². The largest absolute Gasteiger partial charge is 0.399 e. The lowest BCUT2D eigenvalue weighted by Crippen LogP contribution is -2.31. The van der Waals surface area contributed by atoms with Gasteiger partial charge in [-0.05, 0) is 70.2 Å². The zero-order valence-electron chi connectivity index (χ0n) is 12.1. The van der Waals surface area contributed by atoms with Crippen molar-refractivity contribution in [1.29, 1.82) is 0 Å². The van der Waals surface area contributed by atoms with Crippen LogP contribution in [0.1, 0.15) is 18.4 Å². The number of likely N-dealkylation sites (N-methyl/N-ethyl adjacent to an activating group) is 1. The average Bonchev–Trinajstić information content (AvgIpc) is 2.82. The summed E-state index contributed by atoms with van der Waals surface area (Å²) in [6.45, 7) is 3.56. The summed E-state index contributed by atoms with van der Waals surface area (Å²) in [5, 5.41) is 0. The lowest BCUT2D eigenvalue weighted by Gasteiger charge is -2.20. The van der Waals surface area contributed by atoms with Crippen LogP contribution in [-0.2, 0) is 6.42 Å². The normalized spacial score (nSPS) is 20.3. The number of anilines is 2. The molecule has 0 bridgehead atoms. The molecular weight excluding hydrogens is 236 g/mol. The fraction of sp³-hybridized carbons (Fsp3) is 0.600. The highest BCUT2D eigenvalue weighted by Gasteiger charge is 2.23. The molecule has 1 heterocycles. The Balaban J connectivity index is 1.77. The molecule has 0 amide bonds. The van der Waals surface area contributed by atoms with Crippen LogP contribution < -0.4 is 11.5 Å². The fourth-order valence-corrected chi connectivity index (χ4v) is 2.77. The molecule has 4 nitrogen and oxygen atoms in total. The summed E-state index contributed by atoms with van der Waals surface area (Å²) in [7, 11) is 4.34. The monoisotopic (exact) mass is 262 g/mol. The zero-order chi connectivity index (χ0) is 13.8. The molecule has 106 valence electrons. The molecule has 1 aliphatic heterocycles. The van der Waals surface area contributed by atoms with E-state index in [4.69, 9.17) is 11.5 Å². The molecule has 0 saturated carbocycles. The maximum atomic E-state index is 5.97. The first kappa shape index (κ1) is 14.2. The van der Waals surface area contributed by atoms with Crippen molar-refractivity contribution in [3.63, 3.8) is 0 Å². The van der Waals surface area contributed by atoms with Gasteiger partial charge in [-0.3, -0.25) is 0 Å². The predicted octanol–water partition coefficient (Wildman–Crippen LogP) is 1.42. The first-order chi connectivity index (χ1) is 9.06. The van der Waals surface area contributed by atoms with Crippen molar-refractivity contribution in [1.82, 2.24) is 9.80 Å². The Morgan fingerprint density at radius 3 is 2.79 bits per heavy atom. The van der Waals surface area contributed by atoms with Gasteiger partial charge in [0.05, 0.1) is 0 Å². The van der Waals surface area contributed by atoms with Gasteiger partial charge in [-0.2, -0.15) is 0 Å². The molecule has 19 heavy (non-hydrogen) atoms. The number of nitrogen functional groups attached to an aromatic ring is 2. The minimum Gasteiger partial charge on any atom is -0.399 e. The van der Waals surface area contributed by atoms with Crippen molar-refractivity contribution in [2.75, 3.05) is 45.2 Å². The molecule has 1 aromatic rings. The molecule has 1 unspecified atom stereocenters. The smallest absolute Gasteiger partial charge is 0.0348 e. The number of nitrogens with zero attached hydrogens (tertiary/aromatic N) is 2. The Kier molecular flexibility index (Phi) is 4.66. The Hall–Kier alpha value is -1.26. The van der Waals surface area contributed by atoms with Gasteiger partial charge >= 0.3 is 0 Å². The van der Waals surface area contributed by atoms with E-state index in [1.807, 2.05) is 18.2 Å².